The molecule has 1 aromatic heterocycles. The molecule has 0 fully saturated rings. The lowest BCUT2D eigenvalue weighted by molar-refractivity contribution is 0.726. The zero-order chi connectivity index (χ0) is 13.6. The summed E-state index contributed by atoms with van der Waals surface area (Å²) in [5.74, 6) is 1.89. The summed E-state index contributed by atoms with van der Waals surface area (Å²) in [6.45, 7) is 6.28. The first-order valence-corrected chi connectivity index (χ1v) is 6.51. The third-order valence-electron chi connectivity index (χ3n) is 3.73. The Morgan fingerprint density at radius 1 is 1.11 bits per heavy atom. The van der Waals surface area contributed by atoms with Gasteiger partial charge in [0.05, 0.1) is 11.9 Å². The molecule has 19 heavy (non-hydrogen) atoms. The molecule has 1 aliphatic rings. The molecule has 0 aliphatic carbocycles. The van der Waals surface area contributed by atoms with Crippen molar-refractivity contribution in [1.29, 1.82) is 0 Å². The van der Waals surface area contributed by atoms with E-state index in [9.17, 15) is 0 Å². The van der Waals surface area contributed by atoms with Gasteiger partial charge in [-0.05, 0) is 32.4 Å². The molecule has 0 unspecified atom stereocenters. The molecule has 1 atom stereocenters. The number of anilines is 3. The Morgan fingerprint density at radius 2 is 1.84 bits per heavy atom. The first kappa shape index (κ1) is 12.0. The Balaban J connectivity index is 2.18. The highest BCUT2D eigenvalue weighted by molar-refractivity contribution is 5.78. The molecular formula is C15H18N4. The van der Waals surface area contributed by atoms with Gasteiger partial charge < -0.3 is 9.80 Å². The van der Waals surface area contributed by atoms with Gasteiger partial charge in [-0.2, -0.15) is 0 Å². The van der Waals surface area contributed by atoms with Crippen molar-refractivity contribution in [2.24, 2.45) is 0 Å². The van der Waals surface area contributed by atoms with E-state index in [0.29, 0.717) is 0 Å². The largest absolute Gasteiger partial charge is 0.336 e. The smallest absolute Gasteiger partial charge is 0.178 e. The van der Waals surface area contributed by atoms with Crippen LogP contribution in [0, 0.1) is 13.8 Å². The van der Waals surface area contributed by atoms with Crippen molar-refractivity contribution >= 4 is 17.3 Å². The average Bonchev–Trinajstić information content (AvgIpc) is 2.63. The third-order valence-corrected chi connectivity index (χ3v) is 3.73. The number of benzene rings is 1. The Hall–Kier alpha value is -2.10. The summed E-state index contributed by atoms with van der Waals surface area (Å²) in [6.07, 6.45) is 2.04. The minimum absolute atomic E-state index is 0.220. The minimum atomic E-state index is 0.220. The Labute approximate surface area is 113 Å². The first-order valence-electron chi connectivity index (χ1n) is 6.51. The van der Waals surface area contributed by atoms with E-state index in [2.05, 4.69) is 64.9 Å². The van der Waals surface area contributed by atoms with Crippen molar-refractivity contribution < 1.29 is 0 Å². The molecule has 0 saturated heterocycles. The number of nitrogens with zero attached hydrogens (tertiary/aromatic N) is 4. The van der Waals surface area contributed by atoms with Crippen molar-refractivity contribution in [3.63, 3.8) is 0 Å². The predicted octanol–water partition coefficient (Wildman–Crippen LogP) is 3.03. The summed E-state index contributed by atoms with van der Waals surface area (Å²) in [5.41, 5.74) is 3.39. The van der Waals surface area contributed by atoms with Crippen molar-refractivity contribution in [2.45, 2.75) is 26.9 Å². The maximum atomic E-state index is 4.68. The van der Waals surface area contributed by atoms with Crippen LogP contribution in [0.2, 0.25) is 0 Å². The van der Waals surface area contributed by atoms with Crippen LogP contribution in [0.5, 0.6) is 0 Å². The number of fused-ring (bicyclic) bond motifs is 1. The van der Waals surface area contributed by atoms with Gasteiger partial charge in [0.25, 0.3) is 0 Å². The maximum absolute atomic E-state index is 4.68. The van der Waals surface area contributed by atoms with Crippen LogP contribution in [-0.4, -0.2) is 23.2 Å². The molecule has 0 bridgehead atoms. The normalized spacial score (nSPS) is 17.8. The van der Waals surface area contributed by atoms with Crippen LogP contribution in [0.4, 0.5) is 17.3 Å². The molecule has 2 heterocycles. The molecule has 1 aromatic carbocycles. The van der Waals surface area contributed by atoms with Gasteiger partial charge in [-0.25, -0.2) is 9.97 Å². The van der Waals surface area contributed by atoms with E-state index in [-0.39, 0.29) is 6.17 Å². The lowest BCUT2D eigenvalue weighted by Crippen LogP contribution is -2.36. The summed E-state index contributed by atoms with van der Waals surface area (Å²) in [5, 5.41) is 0. The van der Waals surface area contributed by atoms with E-state index in [1.165, 1.54) is 11.3 Å². The lowest BCUT2D eigenvalue weighted by Gasteiger charge is -2.27. The van der Waals surface area contributed by atoms with Crippen molar-refractivity contribution in [1.82, 2.24) is 9.97 Å². The monoisotopic (exact) mass is 254 g/mol. The van der Waals surface area contributed by atoms with Crippen LogP contribution >= 0.6 is 0 Å². The molecule has 0 radical (unpaired) electrons. The Morgan fingerprint density at radius 3 is 2.58 bits per heavy atom. The molecule has 98 valence electrons. The van der Waals surface area contributed by atoms with E-state index in [0.717, 1.165) is 17.3 Å². The van der Waals surface area contributed by atoms with E-state index < -0.39 is 0 Å². The number of rotatable bonds is 1. The van der Waals surface area contributed by atoms with Gasteiger partial charge in [0.2, 0.25) is 0 Å². The number of aromatic nitrogens is 2. The molecule has 0 saturated carbocycles. The van der Waals surface area contributed by atoms with Gasteiger partial charge in [0.15, 0.2) is 11.6 Å². The predicted molar refractivity (Wildman–Crippen MR) is 78.0 cm³/mol. The second kappa shape index (κ2) is 4.23. The van der Waals surface area contributed by atoms with Crippen LogP contribution < -0.4 is 9.80 Å². The van der Waals surface area contributed by atoms with Crippen molar-refractivity contribution in [3.05, 3.63) is 41.7 Å². The van der Waals surface area contributed by atoms with Crippen molar-refractivity contribution in [2.75, 3.05) is 16.8 Å². The van der Waals surface area contributed by atoms with Crippen LogP contribution in [-0.2, 0) is 0 Å². The highest BCUT2D eigenvalue weighted by Crippen LogP contribution is 2.41. The van der Waals surface area contributed by atoms with Gasteiger partial charge in [-0.15, -0.1) is 0 Å². The SMILES string of the molecule is Cc1cnc2c(n1)N(c1ccccc1C)[C@@H](C)N2C. The third kappa shape index (κ3) is 1.75. The Kier molecular flexibility index (Phi) is 2.66. The number of aryl methyl sites for hydroxylation is 2. The van der Waals surface area contributed by atoms with Gasteiger partial charge in [-0.3, -0.25) is 0 Å². The Bertz CT molecular complexity index is 623. The quantitative estimate of drug-likeness (QED) is 0.783. The summed E-state index contributed by atoms with van der Waals surface area (Å²) in [7, 11) is 2.06. The first-order chi connectivity index (χ1) is 9.09. The molecule has 3 rings (SSSR count). The van der Waals surface area contributed by atoms with Crippen LogP contribution in [0.25, 0.3) is 0 Å². The highest BCUT2D eigenvalue weighted by Gasteiger charge is 2.34. The zero-order valence-corrected chi connectivity index (χ0v) is 11.8. The molecular weight excluding hydrogens is 236 g/mol. The van der Waals surface area contributed by atoms with Crippen LogP contribution in [0.1, 0.15) is 18.2 Å². The van der Waals surface area contributed by atoms with Gasteiger partial charge in [0, 0.05) is 12.7 Å². The fourth-order valence-corrected chi connectivity index (χ4v) is 2.54. The summed E-state index contributed by atoms with van der Waals surface area (Å²) < 4.78 is 0. The minimum Gasteiger partial charge on any atom is -0.336 e. The fraction of sp³-hybridized carbons (Fsp3) is 0.333. The molecule has 4 nitrogen and oxygen atoms in total. The van der Waals surface area contributed by atoms with Gasteiger partial charge >= 0.3 is 0 Å². The highest BCUT2D eigenvalue weighted by atomic mass is 15.5. The van der Waals surface area contributed by atoms with E-state index in [1.807, 2.05) is 13.1 Å². The molecule has 0 N–H and O–H groups in total. The topological polar surface area (TPSA) is 32.3 Å². The average molecular weight is 254 g/mol. The standard InChI is InChI=1S/C15H18N4/c1-10-7-5-6-8-13(10)19-12(3)18(4)14-15(19)17-11(2)9-16-14/h5-9,12H,1-4H3/t12-/m0/s1. The van der Waals surface area contributed by atoms with Crippen molar-refractivity contribution in [3.8, 4) is 0 Å². The number of hydrogen-bond acceptors (Lipinski definition) is 4. The summed E-state index contributed by atoms with van der Waals surface area (Å²) >= 11 is 0. The second-order valence-electron chi connectivity index (χ2n) is 5.06. The van der Waals surface area contributed by atoms with Gasteiger partial charge in [-0.1, -0.05) is 18.2 Å². The lowest BCUT2D eigenvalue weighted by atomic mass is 10.2. The number of para-hydroxylation sites is 1. The number of hydrogen-bond donors (Lipinski definition) is 0. The zero-order valence-electron chi connectivity index (χ0n) is 11.8. The fourth-order valence-electron chi connectivity index (χ4n) is 2.54. The van der Waals surface area contributed by atoms with E-state index in [4.69, 9.17) is 0 Å². The van der Waals surface area contributed by atoms with Crippen LogP contribution in [0.15, 0.2) is 30.5 Å². The molecule has 0 spiro atoms. The molecule has 2 aromatic rings. The summed E-state index contributed by atoms with van der Waals surface area (Å²) in [6, 6.07) is 8.39. The molecule has 4 heteroatoms. The van der Waals surface area contributed by atoms with Gasteiger partial charge in [0.1, 0.15) is 6.17 Å². The maximum Gasteiger partial charge on any atom is 0.178 e. The summed E-state index contributed by atoms with van der Waals surface area (Å²) in [4.78, 5) is 13.6. The second-order valence-corrected chi connectivity index (χ2v) is 5.06. The molecule has 0 amide bonds. The van der Waals surface area contributed by atoms with E-state index >= 15 is 0 Å². The van der Waals surface area contributed by atoms with E-state index in [1.54, 1.807) is 0 Å². The van der Waals surface area contributed by atoms with Crippen LogP contribution in [0.3, 0.4) is 0 Å². The molecule has 1 aliphatic heterocycles.